The molecule has 0 aromatic rings. The molecule has 1 aliphatic carbocycles. The van der Waals surface area contributed by atoms with Crippen LogP contribution >= 0.6 is 0 Å². The second kappa shape index (κ2) is 7.08. The quantitative estimate of drug-likeness (QED) is 0.563. The lowest BCUT2D eigenvalue weighted by Crippen LogP contribution is -2.39. The molecular weight excluding hydrogens is 288 g/mol. The summed E-state index contributed by atoms with van der Waals surface area (Å²) in [5, 5.41) is 21.1. The predicted molar refractivity (Wildman–Crippen MR) is 94.3 cm³/mol. The van der Waals surface area contributed by atoms with Gasteiger partial charge in [0.05, 0.1) is 23.4 Å². The molecule has 0 saturated carbocycles. The number of epoxide rings is 1. The van der Waals surface area contributed by atoms with Gasteiger partial charge in [0.1, 0.15) is 0 Å². The zero-order chi connectivity index (χ0) is 17.3. The number of ether oxygens (including phenoxy) is 1. The number of hydrogen-bond donors (Lipinski definition) is 2. The number of fused-ring (bicyclic) bond motifs is 1. The fraction of sp³-hybridized carbons (Fsp3) is 0.800. The Bertz CT molecular complexity index is 472. The van der Waals surface area contributed by atoms with E-state index < -0.39 is 11.7 Å². The number of allylic oxidation sites excluding steroid dienone is 3. The molecule has 4 atom stereocenters. The van der Waals surface area contributed by atoms with Gasteiger partial charge in [-0.15, -0.1) is 0 Å². The zero-order valence-electron chi connectivity index (χ0n) is 15.4. The van der Waals surface area contributed by atoms with Gasteiger partial charge in [0.15, 0.2) is 0 Å². The number of hydrogen-bond acceptors (Lipinski definition) is 3. The summed E-state index contributed by atoms with van der Waals surface area (Å²) >= 11 is 0. The van der Waals surface area contributed by atoms with Gasteiger partial charge in [-0.25, -0.2) is 0 Å². The van der Waals surface area contributed by atoms with Crippen molar-refractivity contribution in [3.05, 3.63) is 23.3 Å². The molecule has 2 rings (SSSR count). The summed E-state index contributed by atoms with van der Waals surface area (Å²) in [7, 11) is 0. The number of aliphatic hydroxyl groups is 2. The molecule has 132 valence electrons. The molecule has 3 heteroatoms. The molecule has 3 nitrogen and oxygen atoms in total. The summed E-state index contributed by atoms with van der Waals surface area (Å²) in [6.45, 7) is 10.0. The third-order valence-corrected chi connectivity index (χ3v) is 5.59. The highest BCUT2D eigenvalue weighted by Crippen LogP contribution is 2.45. The van der Waals surface area contributed by atoms with Crippen LogP contribution in [-0.2, 0) is 4.74 Å². The van der Waals surface area contributed by atoms with Crippen molar-refractivity contribution < 1.29 is 14.9 Å². The van der Waals surface area contributed by atoms with E-state index in [1.807, 2.05) is 6.08 Å². The second-order valence-electron chi connectivity index (χ2n) is 8.35. The highest BCUT2D eigenvalue weighted by molar-refractivity contribution is 5.10. The van der Waals surface area contributed by atoms with E-state index in [-0.39, 0.29) is 11.5 Å². The molecule has 1 fully saturated rings. The van der Waals surface area contributed by atoms with Crippen molar-refractivity contribution in [3.8, 4) is 0 Å². The van der Waals surface area contributed by atoms with Gasteiger partial charge >= 0.3 is 0 Å². The van der Waals surface area contributed by atoms with Crippen molar-refractivity contribution in [1.82, 2.24) is 0 Å². The Balaban J connectivity index is 2.17. The predicted octanol–water partition coefficient (Wildman–Crippen LogP) is 4.14. The van der Waals surface area contributed by atoms with Crippen molar-refractivity contribution in [2.45, 2.75) is 96.6 Å². The lowest BCUT2D eigenvalue weighted by atomic mass is 9.79. The van der Waals surface area contributed by atoms with E-state index in [4.69, 9.17) is 4.74 Å². The SMILES string of the molecule is CC1=CC(O)C(C(C)(C)O)CCC2(C)OC2CCC(C)=CCC1. The third kappa shape index (κ3) is 5.17. The van der Waals surface area contributed by atoms with Crippen molar-refractivity contribution in [2.24, 2.45) is 5.92 Å². The van der Waals surface area contributed by atoms with Crippen LogP contribution in [0, 0.1) is 5.92 Å². The summed E-state index contributed by atoms with van der Waals surface area (Å²) in [6, 6.07) is 0. The number of aliphatic hydroxyl groups excluding tert-OH is 1. The van der Waals surface area contributed by atoms with Gasteiger partial charge in [0.25, 0.3) is 0 Å². The minimum atomic E-state index is -0.898. The van der Waals surface area contributed by atoms with Gasteiger partial charge in [-0.3, -0.25) is 0 Å². The van der Waals surface area contributed by atoms with Crippen LogP contribution in [0.1, 0.15) is 73.1 Å². The van der Waals surface area contributed by atoms with Crippen molar-refractivity contribution in [1.29, 1.82) is 0 Å². The Hall–Kier alpha value is -0.640. The summed E-state index contributed by atoms with van der Waals surface area (Å²) in [6.07, 6.45) is 9.77. The Morgan fingerprint density at radius 3 is 2.52 bits per heavy atom. The first kappa shape index (κ1) is 18.7. The Kier molecular flexibility index (Phi) is 5.76. The van der Waals surface area contributed by atoms with Crippen LogP contribution in [-0.4, -0.2) is 33.6 Å². The highest BCUT2D eigenvalue weighted by atomic mass is 16.6. The van der Waals surface area contributed by atoms with E-state index in [1.165, 1.54) is 11.1 Å². The van der Waals surface area contributed by atoms with Crippen LogP contribution in [0.4, 0.5) is 0 Å². The van der Waals surface area contributed by atoms with Gasteiger partial charge < -0.3 is 14.9 Å². The molecule has 0 radical (unpaired) electrons. The van der Waals surface area contributed by atoms with E-state index in [0.29, 0.717) is 6.10 Å². The maximum absolute atomic E-state index is 10.6. The summed E-state index contributed by atoms with van der Waals surface area (Å²) in [5.74, 6) is -0.167. The fourth-order valence-electron chi connectivity index (χ4n) is 3.76. The summed E-state index contributed by atoms with van der Waals surface area (Å²) in [5.41, 5.74) is 1.65. The molecule has 0 bridgehead atoms. The minimum absolute atomic E-state index is 0.0770. The molecular formula is C20H34O3. The first-order valence-electron chi connectivity index (χ1n) is 9.03. The van der Waals surface area contributed by atoms with Gasteiger partial charge in [-0.05, 0) is 73.1 Å². The third-order valence-electron chi connectivity index (χ3n) is 5.59. The molecule has 1 aliphatic heterocycles. The molecule has 0 aromatic carbocycles. The lowest BCUT2D eigenvalue weighted by Gasteiger charge is -2.33. The van der Waals surface area contributed by atoms with Crippen LogP contribution < -0.4 is 0 Å². The van der Waals surface area contributed by atoms with E-state index in [1.54, 1.807) is 13.8 Å². The molecule has 1 heterocycles. The maximum atomic E-state index is 10.6. The smallest absolute Gasteiger partial charge is 0.0920 e. The van der Waals surface area contributed by atoms with Gasteiger partial charge in [-0.2, -0.15) is 0 Å². The largest absolute Gasteiger partial charge is 0.390 e. The lowest BCUT2D eigenvalue weighted by molar-refractivity contribution is -0.0374. The monoisotopic (exact) mass is 322 g/mol. The zero-order valence-corrected chi connectivity index (χ0v) is 15.4. The van der Waals surface area contributed by atoms with Gasteiger partial charge in [0, 0.05) is 5.92 Å². The molecule has 23 heavy (non-hydrogen) atoms. The number of rotatable bonds is 1. The van der Waals surface area contributed by atoms with Crippen molar-refractivity contribution >= 4 is 0 Å². The normalized spacial score (nSPS) is 37.3. The molecule has 0 spiro atoms. The van der Waals surface area contributed by atoms with E-state index in [0.717, 1.165) is 38.5 Å². The molecule has 1 saturated heterocycles. The van der Waals surface area contributed by atoms with E-state index in [2.05, 4.69) is 26.8 Å². The summed E-state index contributed by atoms with van der Waals surface area (Å²) < 4.78 is 5.94. The van der Waals surface area contributed by atoms with Crippen molar-refractivity contribution in [3.63, 3.8) is 0 Å². The average Bonchev–Trinajstić information content (AvgIpc) is 3.05. The van der Waals surface area contributed by atoms with Crippen LogP contribution in [0.15, 0.2) is 23.3 Å². The highest BCUT2D eigenvalue weighted by Gasteiger charge is 2.51. The average molecular weight is 322 g/mol. The summed E-state index contributed by atoms with van der Waals surface area (Å²) in [4.78, 5) is 0. The molecule has 2 N–H and O–H groups in total. The first-order valence-corrected chi connectivity index (χ1v) is 9.03. The van der Waals surface area contributed by atoms with Crippen LogP contribution in [0.2, 0.25) is 0 Å². The van der Waals surface area contributed by atoms with Crippen LogP contribution in [0.25, 0.3) is 0 Å². The van der Waals surface area contributed by atoms with Crippen LogP contribution in [0.5, 0.6) is 0 Å². The van der Waals surface area contributed by atoms with E-state index in [9.17, 15) is 10.2 Å². The molecule has 2 aliphatic rings. The Morgan fingerprint density at radius 1 is 1.17 bits per heavy atom. The second-order valence-corrected chi connectivity index (χ2v) is 8.35. The van der Waals surface area contributed by atoms with Crippen LogP contribution in [0.3, 0.4) is 0 Å². The van der Waals surface area contributed by atoms with Gasteiger partial charge in [-0.1, -0.05) is 23.3 Å². The maximum Gasteiger partial charge on any atom is 0.0920 e. The molecule has 0 amide bonds. The first-order chi connectivity index (χ1) is 10.6. The standard InChI is InChI=1S/C20H34O3/c1-14-7-6-8-15(2)13-17(21)16(19(3,4)22)11-12-20(5)18(23-20)10-9-14/h7,13,16-18,21-22H,6,8-12H2,1-5H3. The van der Waals surface area contributed by atoms with Crippen molar-refractivity contribution in [2.75, 3.05) is 0 Å². The Morgan fingerprint density at radius 2 is 1.87 bits per heavy atom. The minimum Gasteiger partial charge on any atom is -0.390 e. The molecule has 0 aromatic heterocycles. The van der Waals surface area contributed by atoms with Gasteiger partial charge in [0.2, 0.25) is 0 Å². The topological polar surface area (TPSA) is 53.0 Å². The Labute approximate surface area is 141 Å². The fourth-order valence-corrected chi connectivity index (χ4v) is 3.76. The van der Waals surface area contributed by atoms with E-state index >= 15 is 0 Å². The molecule has 4 unspecified atom stereocenters.